The molecule has 0 heterocycles. The number of aliphatic hydroxyl groups excluding tert-OH is 1. The van der Waals surface area contributed by atoms with E-state index in [1.807, 2.05) is 91.0 Å². The first-order chi connectivity index (χ1) is 12.7. The standard InChI is InChI=1S/C22H20N2O2/c25-20(16-17-10-4-1-5-11-17)23-24-21(18-12-6-2-7-13-18)22(26)19-14-8-3-9-15-19/h1-15,22,26H,16H2,(H,23,25). The Bertz CT molecular complexity index is 862. The van der Waals surface area contributed by atoms with Gasteiger partial charge in [-0.1, -0.05) is 91.0 Å². The minimum atomic E-state index is -0.935. The SMILES string of the molecule is O=C(Cc1ccccc1)NN=C(c1ccccc1)C(O)c1ccccc1. The number of hydrogen-bond donors (Lipinski definition) is 2. The molecular weight excluding hydrogens is 324 g/mol. The monoisotopic (exact) mass is 344 g/mol. The largest absolute Gasteiger partial charge is 0.382 e. The Labute approximate surface area is 152 Å². The summed E-state index contributed by atoms with van der Waals surface area (Å²) in [5.74, 6) is -0.232. The van der Waals surface area contributed by atoms with Crippen LogP contribution in [0, 0.1) is 0 Å². The van der Waals surface area contributed by atoms with Crippen LogP contribution in [-0.4, -0.2) is 16.7 Å². The van der Waals surface area contributed by atoms with E-state index in [4.69, 9.17) is 0 Å². The highest BCUT2D eigenvalue weighted by molar-refractivity contribution is 6.04. The summed E-state index contributed by atoms with van der Waals surface area (Å²) in [7, 11) is 0. The second kappa shape index (κ2) is 8.74. The van der Waals surface area contributed by atoms with Crippen LogP contribution in [-0.2, 0) is 11.2 Å². The molecule has 4 heteroatoms. The average molecular weight is 344 g/mol. The number of benzene rings is 3. The van der Waals surface area contributed by atoms with E-state index in [1.54, 1.807) is 0 Å². The lowest BCUT2D eigenvalue weighted by atomic mass is 9.99. The van der Waals surface area contributed by atoms with Crippen LogP contribution in [0.3, 0.4) is 0 Å². The third-order valence-corrected chi connectivity index (χ3v) is 3.95. The second-order valence-electron chi connectivity index (χ2n) is 5.87. The number of amides is 1. The molecule has 4 nitrogen and oxygen atoms in total. The highest BCUT2D eigenvalue weighted by Gasteiger charge is 2.17. The maximum Gasteiger partial charge on any atom is 0.244 e. The van der Waals surface area contributed by atoms with E-state index in [0.29, 0.717) is 11.3 Å². The molecule has 0 fully saturated rings. The van der Waals surface area contributed by atoms with Gasteiger partial charge in [0, 0.05) is 5.56 Å². The molecule has 0 aliphatic carbocycles. The lowest BCUT2D eigenvalue weighted by Gasteiger charge is -2.15. The number of aliphatic hydroxyl groups is 1. The summed E-state index contributed by atoms with van der Waals surface area (Å²) in [6.45, 7) is 0. The fourth-order valence-electron chi connectivity index (χ4n) is 2.63. The molecule has 1 atom stereocenters. The average Bonchev–Trinajstić information content (AvgIpc) is 2.70. The van der Waals surface area contributed by atoms with Crippen LogP contribution in [0.15, 0.2) is 96.1 Å². The third-order valence-electron chi connectivity index (χ3n) is 3.95. The Hall–Kier alpha value is -3.24. The van der Waals surface area contributed by atoms with Gasteiger partial charge in [0.1, 0.15) is 11.8 Å². The van der Waals surface area contributed by atoms with Crippen molar-refractivity contribution < 1.29 is 9.90 Å². The van der Waals surface area contributed by atoms with Gasteiger partial charge in [0.25, 0.3) is 0 Å². The topological polar surface area (TPSA) is 61.7 Å². The van der Waals surface area contributed by atoms with Crippen LogP contribution in [0.5, 0.6) is 0 Å². The summed E-state index contributed by atoms with van der Waals surface area (Å²) in [5, 5.41) is 15.0. The Balaban J connectivity index is 1.81. The van der Waals surface area contributed by atoms with E-state index in [2.05, 4.69) is 10.5 Å². The minimum Gasteiger partial charge on any atom is -0.382 e. The molecule has 26 heavy (non-hydrogen) atoms. The highest BCUT2D eigenvalue weighted by atomic mass is 16.3. The van der Waals surface area contributed by atoms with Gasteiger partial charge in [-0.2, -0.15) is 5.10 Å². The fourth-order valence-corrected chi connectivity index (χ4v) is 2.63. The summed E-state index contributed by atoms with van der Waals surface area (Å²) in [4.78, 5) is 12.2. The molecular formula is C22H20N2O2. The molecule has 0 radical (unpaired) electrons. The first kappa shape index (κ1) is 17.6. The molecule has 1 amide bonds. The summed E-state index contributed by atoms with van der Waals surface area (Å²) in [6, 6.07) is 28.1. The van der Waals surface area contributed by atoms with Crippen LogP contribution >= 0.6 is 0 Å². The van der Waals surface area contributed by atoms with Gasteiger partial charge in [-0.05, 0) is 11.1 Å². The van der Waals surface area contributed by atoms with Crippen molar-refractivity contribution in [1.82, 2.24) is 5.43 Å². The molecule has 0 aliphatic rings. The van der Waals surface area contributed by atoms with Crippen molar-refractivity contribution in [2.24, 2.45) is 5.10 Å². The van der Waals surface area contributed by atoms with Crippen molar-refractivity contribution >= 4 is 11.6 Å². The van der Waals surface area contributed by atoms with Crippen molar-refractivity contribution in [3.05, 3.63) is 108 Å². The predicted molar refractivity (Wildman–Crippen MR) is 103 cm³/mol. The molecule has 0 spiro atoms. The second-order valence-corrected chi connectivity index (χ2v) is 5.87. The summed E-state index contributed by atoms with van der Waals surface area (Å²) >= 11 is 0. The van der Waals surface area contributed by atoms with Gasteiger partial charge >= 0.3 is 0 Å². The lowest BCUT2D eigenvalue weighted by Crippen LogP contribution is -2.24. The van der Waals surface area contributed by atoms with Crippen molar-refractivity contribution in [2.45, 2.75) is 12.5 Å². The molecule has 0 aliphatic heterocycles. The van der Waals surface area contributed by atoms with Gasteiger partial charge in [-0.25, -0.2) is 5.43 Å². The number of hydrazone groups is 1. The zero-order valence-corrected chi connectivity index (χ0v) is 14.2. The molecule has 130 valence electrons. The first-order valence-corrected chi connectivity index (χ1v) is 8.43. The van der Waals surface area contributed by atoms with Gasteiger partial charge in [-0.15, -0.1) is 0 Å². The maximum absolute atomic E-state index is 12.2. The molecule has 0 aromatic heterocycles. The quantitative estimate of drug-likeness (QED) is 0.531. The normalized spacial score (nSPS) is 12.4. The molecule has 3 aromatic carbocycles. The predicted octanol–water partition coefficient (Wildman–Crippen LogP) is 3.48. The van der Waals surface area contributed by atoms with E-state index >= 15 is 0 Å². The smallest absolute Gasteiger partial charge is 0.244 e. The Morgan fingerprint density at radius 3 is 2.00 bits per heavy atom. The van der Waals surface area contributed by atoms with Gasteiger partial charge in [-0.3, -0.25) is 4.79 Å². The Morgan fingerprint density at radius 1 is 0.846 bits per heavy atom. The first-order valence-electron chi connectivity index (χ1n) is 8.43. The summed E-state index contributed by atoms with van der Waals surface area (Å²) in [6.07, 6.45) is -0.705. The molecule has 0 bridgehead atoms. The van der Waals surface area contributed by atoms with Crippen LogP contribution in [0.2, 0.25) is 0 Å². The number of carbonyl (C=O) groups excluding carboxylic acids is 1. The van der Waals surface area contributed by atoms with E-state index in [9.17, 15) is 9.90 Å². The van der Waals surface area contributed by atoms with E-state index in [0.717, 1.165) is 11.1 Å². The van der Waals surface area contributed by atoms with Crippen LogP contribution in [0.25, 0.3) is 0 Å². The van der Waals surface area contributed by atoms with Gasteiger partial charge < -0.3 is 5.11 Å². The van der Waals surface area contributed by atoms with Crippen molar-refractivity contribution in [3.8, 4) is 0 Å². The molecule has 2 N–H and O–H groups in total. The fraction of sp³-hybridized carbons (Fsp3) is 0.0909. The Kier molecular flexibility index (Phi) is 5.91. The number of nitrogens with one attached hydrogen (secondary N) is 1. The van der Waals surface area contributed by atoms with Crippen molar-refractivity contribution in [1.29, 1.82) is 0 Å². The van der Waals surface area contributed by atoms with Crippen molar-refractivity contribution in [2.75, 3.05) is 0 Å². The maximum atomic E-state index is 12.2. The minimum absolute atomic E-state index is 0.230. The van der Waals surface area contributed by atoms with Gasteiger partial charge in [0.05, 0.1) is 6.42 Å². The molecule has 3 rings (SSSR count). The third kappa shape index (κ3) is 4.65. The number of rotatable bonds is 6. The highest BCUT2D eigenvalue weighted by Crippen LogP contribution is 2.19. The number of hydrogen-bond acceptors (Lipinski definition) is 3. The summed E-state index contributed by atoms with van der Waals surface area (Å²) in [5.41, 5.74) is 5.35. The molecule has 3 aromatic rings. The Morgan fingerprint density at radius 2 is 1.38 bits per heavy atom. The zero-order valence-electron chi connectivity index (χ0n) is 14.2. The van der Waals surface area contributed by atoms with E-state index < -0.39 is 6.10 Å². The molecule has 0 saturated heterocycles. The molecule has 1 unspecified atom stereocenters. The zero-order chi connectivity index (χ0) is 18.2. The molecule has 0 saturated carbocycles. The van der Waals surface area contributed by atoms with Crippen LogP contribution in [0.1, 0.15) is 22.8 Å². The number of nitrogens with zero attached hydrogens (tertiary/aromatic N) is 1. The summed E-state index contributed by atoms with van der Waals surface area (Å²) < 4.78 is 0. The van der Waals surface area contributed by atoms with E-state index in [-0.39, 0.29) is 12.3 Å². The van der Waals surface area contributed by atoms with Crippen molar-refractivity contribution in [3.63, 3.8) is 0 Å². The van der Waals surface area contributed by atoms with E-state index in [1.165, 1.54) is 0 Å². The van der Waals surface area contributed by atoms with Gasteiger partial charge in [0.15, 0.2) is 0 Å². The van der Waals surface area contributed by atoms with Crippen LogP contribution in [0.4, 0.5) is 0 Å². The van der Waals surface area contributed by atoms with Crippen LogP contribution < -0.4 is 5.43 Å². The van der Waals surface area contributed by atoms with Gasteiger partial charge in [0.2, 0.25) is 5.91 Å². The number of carbonyl (C=O) groups is 1. The lowest BCUT2D eigenvalue weighted by molar-refractivity contribution is -0.120.